The topological polar surface area (TPSA) is 91.7 Å². The van der Waals surface area contributed by atoms with Crippen molar-refractivity contribution in [2.24, 2.45) is 5.92 Å². The van der Waals surface area contributed by atoms with Crippen molar-refractivity contribution in [1.29, 1.82) is 0 Å². The van der Waals surface area contributed by atoms with Crippen molar-refractivity contribution in [1.82, 2.24) is 0 Å². The van der Waals surface area contributed by atoms with Crippen LogP contribution < -0.4 is 0 Å². The lowest BCUT2D eigenvalue weighted by molar-refractivity contribution is -0.152. The number of hydrogen-bond acceptors (Lipinski definition) is 3. The summed E-state index contributed by atoms with van der Waals surface area (Å²) < 4.78 is 0. The Bertz CT molecular complexity index is 233. The molecule has 0 aromatic rings. The van der Waals surface area contributed by atoms with Crippen molar-refractivity contribution in [3.63, 3.8) is 0 Å². The normalized spacial score (nSPS) is 12.1. The smallest absolute Gasteiger partial charge is 0.372 e. The largest absolute Gasteiger partial charge is 0.481 e. The van der Waals surface area contributed by atoms with E-state index in [1.807, 2.05) is 6.92 Å². The molecule has 2 N–H and O–H groups in total. The zero-order valence-corrected chi connectivity index (χ0v) is 8.02. The van der Waals surface area contributed by atoms with E-state index >= 15 is 0 Å². The molecular weight excluding hydrogens is 188 g/mol. The van der Waals surface area contributed by atoms with Crippen molar-refractivity contribution in [3.05, 3.63) is 0 Å². The molecule has 0 bridgehead atoms. The van der Waals surface area contributed by atoms with Crippen molar-refractivity contribution in [3.8, 4) is 0 Å². The van der Waals surface area contributed by atoms with Gasteiger partial charge in [-0.05, 0) is 6.42 Å². The summed E-state index contributed by atoms with van der Waals surface area (Å²) in [4.78, 5) is 31.7. The molecule has 80 valence electrons. The van der Waals surface area contributed by atoms with Crippen LogP contribution in [-0.2, 0) is 14.4 Å². The Morgan fingerprint density at radius 2 is 1.79 bits per heavy atom. The average Bonchev–Trinajstić information content (AvgIpc) is 2.10. The standard InChI is InChI=1S/C9H14O5/c1-2-3-4-6(5-7(10)11)8(12)9(13)14/h6H,2-5H2,1H3,(H,10,11)(H,13,14)/t6-/m1/s1. The molecule has 0 rings (SSSR count). The van der Waals surface area contributed by atoms with E-state index in [2.05, 4.69) is 0 Å². The van der Waals surface area contributed by atoms with Crippen LogP contribution in [-0.4, -0.2) is 27.9 Å². The van der Waals surface area contributed by atoms with Gasteiger partial charge in [0.05, 0.1) is 6.42 Å². The number of rotatable bonds is 7. The number of Topliss-reactive ketones (excluding diaryl/α,β-unsaturated/α-hetero) is 1. The first-order chi connectivity index (χ1) is 6.49. The van der Waals surface area contributed by atoms with Gasteiger partial charge in [-0.2, -0.15) is 0 Å². The highest BCUT2D eigenvalue weighted by Crippen LogP contribution is 2.14. The van der Waals surface area contributed by atoms with E-state index in [0.717, 1.165) is 6.42 Å². The maximum absolute atomic E-state index is 11.0. The molecule has 0 aliphatic heterocycles. The minimum Gasteiger partial charge on any atom is -0.481 e. The second kappa shape index (κ2) is 6.12. The van der Waals surface area contributed by atoms with Crippen LogP contribution in [0.5, 0.6) is 0 Å². The monoisotopic (exact) mass is 202 g/mol. The number of carboxylic acids is 2. The molecule has 0 heterocycles. The molecule has 0 aliphatic rings. The van der Waals surface area contributed by atoms with Crippen molar-refractivity contribution in [2.45, 2.75) is 32.6 Å². The number of aliphatic carboxylic acids is 2. The first-order valence-corrected chi connectivity index (χ1v) is 4.48. The maximum atomic E-state index is 11.0. The van der Waals surface area contributed by atoms with Crippen LogP contribution in [0.2, 0.25) is 0 Å². The number of carboxylic acid groups (broad SMARTS) is 2. The van der Waals surface area contributed by atoms with Crippen LogP contribution in [0.25, 0.3) is 0 Å². The van der Waals surface area contributed by atoms with Crippen LogP contribution in [0.1, 0.15) is 32.6 Å². The van der Waals surface area contributed by atoms with Gasteiger partial charge in [0.1, 0.15) is 0 Å². The van der Waals surface area contributed by atoms with E-state index in [-0.39, 0.29) is 0 Å². The lowest BCUT2D eigenvalue weighted by atomic mass is 9.94. The summed E-state index contributed by atoms with van der Waals surface area (Å²) in [5, 5.41) is 16.9. The molecule has 0 aliphatic carbocycles. The van der Waals surface area contributed by atoms with E-state index < -0.39 is 30.1 Å². The Kier molecular flexibility index (Phi) is 5.52. The number of ketones is 1. The van der Waals surface area contributed by atoms with E-state index in [0.29, 0.717) is 12.8 Å². The molecule has 14 heavy (non-hydrogen) atoms. The zero-order valence-electron chi connectivity index (χ0n) is 8.02. The van der Waals surface area contributed by atoms with E-state index in [1.54, 1.807) is 0 Å². The lowest BCUT2D eigenvalue weighted by Gasteiger charge is -2.09. The molecule has 0 saturated heterocycles. The third-order valence-electron chi connectivity index (χ3n) is 1.91. The molecule has 0 fully saturated rings. The van der Waals surface area contributed by atoms with Crippen LogP contribution in [0, 0.1) is 5.92 Å². The Balaban J connectivity index is 4.30. The van der Waals surface area contributed by atoms with Gasteiger partial charge in [-0.15, -0.1) is 0 Å². The van der Waals surface area contributed by atoms with Gasteiger partial charge in [-0.1, -0.05) is 19.8 Å². The van der Waals surface area contributed by atoms with Crippen LogP contribution >= 0.6 is 0 Å². The summed E-state index contributed by atoms with van der Waals surface area (Å²) in [5.41, 5.74) is 0. The minimum atomic E-state index is -1.55. The van der Waals surface area contributed by atoms with Gasteiger partial charge in [-0.3, -0.25) is 9.59 Å². The summed E-state index contributed by atoms with van der Waals surface area (Å²) in [6, 6.07) is 0. The summed E-state index contributed by atoms with van der Waals surface area (Å²) in [5.74, 6) is -4.57. The number of unbranched alkanes of at least 4 members (excludes halogenated alkanes) is 1. The fraction of sp³-hybridized carbons (Fsp3) is 0.667. The molecular formula is C9H14O5. The maximum Gasteiger partial charge on any atom is 0.372 e. The van der Waals surface area contributed by atoms with Crippen LogP contribution in [0.4, 0.5) is 0 Å². The predicted molar refractivity (Wildman–Crippen MR) is 47.9 cm³/mol. The molecule has 1 atom stereocenters. The van der Waals surface area contributed by atoms with Gasteiger partial charge < -0.3 is 10.2 Å². The number of hydrogen-bond donors (Lipinski definition) is 2. The van der Waals surface area contributed by atoms with E-state index in [9.17, 15) is 14.4 Å². The molecule has 0 saturated carbocycles. The highest BCUT2D eigenvalue weighted by molar-refractivity contribution is 6.33. The average molecular weight is 202 g/mol. The SMILES string of the molecule is CCCC[C@H](CC(=O)O)C(=O)C(=O)O. The molecule has 5 heteroatoms. The van der Waals surface area contributed by atoms with Crippen molar-refractivity contribution >= 4 is 17.7 Å². The Labute approximate surface area is 81.7 Å². The molecule has 0 aromatic heterocycles. The molecule has 0 aromatic carbocycles. The number of carbonyl (C=O) groups is 3. The van der Waals surface area contributed by atoms with Gasteiger partial charge >= 0.3 is 11.9 Å². The van der Waals surface area contributed by atoms with Crippen LogP contribution in [0.15, 0.2) is 0 Å². The molecule has 5 nitrogen and oxygen atoms in total. The highest BCUT2D eigenvalue weighted by Gasteiger charge is 2.26. The molecule has 0 unspecified atom stereocenters. The first kappa shape index (κ1) is 12.6. The van der Waals surface area contributed by atoms with Gasteiger partial charge in [-0.25, -0.2) is 4.79 Å². The second-order valence-electron chi connectivity index (χ2n) is 3.11. The fourth-order valence-electron chi connectivity index (χ4n) is 1.16. The summed E-state index contributed by atoms with van der Waals surface area (Å²) >= 11 is 0. The fourth-order valence-corrected chi connectivity index (χ4v) is 1.16. The predicted octanol–water partition coefficient (Wildman–Crippen LogP) is 0.921. The third-order valence-corrected chi connectivity index (χ3v) is 1.91. The second-order valence-corrected chi connectivity index (χ2v) is 3.11. The Morgan fingerprint density at radius 3 is 2.14 bits per heavy atom. The van der Waals surface area contributed by atoms with Gasteiger partial charge in [0, 0.05) is 5.92 Å². The van der Waals surface area contributed by atoms with Gasteiger partial charge in [0.15, 0.2) is 0 Å². The molecule has 0 amide bonds. The molecule has 0 radical (unpaired) electrons. The third kappa shape index (κ3) is 4.59. The Morgan fingerprint density at radius 1 is 1.21 bits per heavy atom. The zero-order chi connectivity index (χ0) is 11.1. The molecule has 0 spiro atoms. The summed E-state index contributed by atoms with van der Waals surface area (Å²) in [6.07, 6.45) is 1.40. The van der Waals surface area contributed by atoms with Gasteiger partial charge in [0.25, 0.3) is 0 Å². The van der Waals surface area contributed by atoms with Crippen molar-refractivity contribution < 1.29 is 24.6 Å². The summed E-state index contributed by atoms with van der Waals surface area (Å²) in [6.45, 7) is 1.89. The Hall–Kier alpha value is -1.39. The van der Waals surface area contributed by atoms with Crippen LogP contribution in [0.3, 0.4) is 0 Å². The van der Waals surface area contributed by atoms with Crippen molar-refractivity contribution in [2.75, 3.05) is 0 Å². The lowest BCUT2D eigenvalue weighted by Crippen LogP contribution is -2.25. The first-order valence-electron chi connectivity index (χ1n) is 4.48. The number of carbonyl (C=O) groups excluding carboxylic acids is 1. The van der Waals surface area contributed by atoms with E-state index in [4.69, 9.17) is 10.2 Å². The quantitative estimate of drug-likeness (QED) is 0.599. The van der Waals surface area contributed by atoms with Gasteiger partial charge in [0.2, 0.25) is 5.78 Å². The summed E-state index contributed by atoms with van der Waals surface area (Å²) in [7, 11) is 0. The minimum absolute atomic E-state index is 0.327. The van der Waals surface area contributed by atoms with E-state index in [1.165, 1.54) is 0 Å². The highest BCUT2D eigenvalue weighted by atomic mass is 16.4.